The number of hydrogen-bond donors (Lipinski definition) is 1. The molecule has 122 valence electrons. The lowest BCUT2D eigenvalue weighted by molar-refractivity contribution is 0.389. The van der Waals surface area contributed by atoms with Crippen LogP contribution in [0.15, 0.2) is 36.8 Å². The molecule has 2 aromatic heterocycles. The quantitative estimate of drug-likeness (QED) is 0.758. The predicted octanol–water partition coefficient (Wildman–Crippen LogP) is 2.59. The van der Waals surface area contributed by atoms with Gasteiger partial charge in [0.2, 0.25) is 5.78 Å². The lowest BCUT2D eigenvalue weighted by Crippen LogP contribution is -2.15. The van der Waals surface area contributed by atoms with Crippen LogP contribution in [-0.4, -0.2) is 28.6 Å². The molecule has 0 bridgehead atoms. The average molecular weight is 314 g/mol. The third-order valence-electron chi connectivity index (χ3n) is 3.69. The van der Waals surface area contributed by atoms with Crippen molar-refractivity contribution >= 4 is 5.78 Å². The fraction of sp³-hybridized carbons (Fsp3) is 0.294. The third-order valence-corrected chi connectivity index (χ3v) is 3.69. The highest BCUT2D eigenvalue weighted by Crippen LogP contribution is 2.24. The first-order valence-electron chi connectivity index (χ1n) is 7.41. The predicted molar refractivity (Wildman–Crippen MR) is 89.9 cm³/mol. The summed E-state index contributed by atoms with van der Waals surface area (Å²) in [6, 6.07) is 5.82. The summed E-state index contributed by atoms with van der Waals surface area (Å²) in [5.41, 5.74) is 3.26. The van der Waals surface area contributed by atoms with Crippen LogP contribution in [0.3, 0.4) is 0 Å². The fourth-order valence-corrected chi connectivity index (χ4v) is 2.47. The highest BCUT2D eigenvalue weighted by Gasteiger charge is 2.07. The van der Waals surface area contributed by atoms with Crippen molar-refractivity contribution in [2.45, 2.75) is 20.0 Å². The zero-order valence-electron chi connectivity index (χ0n) is 13.5. The largest absolute Gasteiger partial charge is 0.497 e. The van der Waals surface area contributed by atoms with E-state index in [1.165, 1.54) is 0 Å². The van der Waals surface area contributed by atoms with Gasteiger partial charge >= 0.3 is 0 Å². The lowest BCUT2D eigenvalue weighted by atomic mass is 10.2. The van der Waals surface area contributed by atoms with E-state index in [2.05, 4.69) is 15.3 Å². The molecule has 0 radical (unpaired) electrons. The minimum atomic E-state index is 0. The SMILES string of the molecule is COc1ccc(CNCc2cnc3ncc(C)cn23)c(OC)c1.[HH]. The van der Waals surface area contributed by atoms with Gasteiger partial charge in [-0.05, 0) is 18.6 Å². The van der Waals surface area contributed by atoms with Crippen molar-refractivity contribution in [1.29, 1.82) is 0 Å². The van der Waals surface area contributed by atoms with Crippen LogP contribution in [0.1, 0.15) is 18.2 Å². The Balaban J connectivity index is 0.00000208. The van der Waals surface area contributed by atoms with Crippen LogP contribution in [0.2, 0.25) is 0 Å². The van der Waals surface area contributed by atoms with Crippen LogP contribution in [0.25, 0.3) is 5.78 Å². The highest BCUT2D eigenvalue weighted by molar-refractivity contribution is 5.40. The molecule has 0 spiro atoms. The maximum atomic E-state index is 5.41. The average Bonchev–Trinajstić information content (AvgIpc) is 2.97. The van der Waals surface area contributed by atoms with Crippen molar-refractivity contribution in [1.82, 2.24) is 19.7 Å². The van der Waals surface area contributed by atoms with E-state index in [0.717, 1.165) is 34.1 Å². The summed E-state index contributed by atoms with van der Waals surface area (Å²) >= 11 is 0. The van der Waals surface area contributed by atoms with Crippen molar-refractivity contribution in [3.8, 4) is 11.5 Å². The topological polar surface area (TPSA) is 60.7 Å². The number of nitrogens with one attached hydrogen (secondary N) is 1. The lowest BCUT2D eigenvalue weighted by Gasteiger charge is -2.11. The Labute approximate surface area is 136 Å². The summed E-state index contributed by atoms with van der Waals surface area (Å²) in [7, 11) is 3.31. The first kappa shape index (κ1) is 15.3. The van der Waals surface area contributed by atoms with E-state index in [9.17, 15) is 0 Å². The number of hydrogen-bond acceptors (Lipinski definition) is 5. The van der Waals surface area contributed by atoms with Gasteiger partial charge in [0, 0.05) is 38.5 Å². The summed E-state index contributed by atoms with van der Waals surface area (Å²) in [4.78, 5) is 8.62. The Morgan fingerprint density at radius 2 is 1.96 bits per heavy atom. The summed E-state index contributed by atoms with van der Waals surface area (Å²) in [5, 5.41) is 3.42. The number of imidazole rings is 1. The van der Waals surface area contributed by atoms with Crippen LogP contribution in [0.4, 0.5) is 0 Å². The number of rotatable bonds is 6. The third kappa shape index (κ3) is 3.27. The van der Waals surface area contributed by atoms with Gasteiger partial charge in [-0.15, -0.1) is 0 Å². The molecule has 1 aromatic carbocycles. The van der Waals surface area contributed by atoms with Crippen LogP contribution in [-0.2, 0) is 13.1 Å². The molecule has 0 aliphatic carbocycles. The molecule has 0 aliphatic rings. The van der Waals surface area contributed by atoms with Crippen molar-refractivity contribution in [2.24, 2.45) is 0 Å². The zero-order chi connectivity index (χ0) is 16.2. The number of nitrogens with zero attached hydrogens (tertiary/aromatic N) is 3. The standard InChI is InChI=1S/C17H20N4O2.H2/c1-12-7-19-17-20-10-14(21(17)11-12)9-18-8-13-4-5-15(22-2)6-16(13)23-3;/h4-7,10-11,18H,8-9H2,1-3H3;1H. The van der Waals surface area contributed by atoms with Crippen LogP contribution < -0.4 is 14.8 Å². The van der Waals surface area contributed by atoms with Gasteiger partial charge in [0.25, 0.3) is 0 Å². The van der Waals surface area contributed by atoms with Crippen LogP contribution in [0.5, 0.6) is 11.5 Å². The molecule has 2 heterocycles. The Hall–Kier alpha value is -2.60. The first-order valence-corrected chi connectivity index (χ1v) is 7.41. The summed E-state index contributed by atoms with van der Waals surface area (Å²) in [5.74, 6) is 2.32. The minimum absolute atomic E-state index is 0. The van der Waals surface area contributed by atoms with E-state index in [0.29, 0.717) is 13.1 Å². The molecule has 0 unspecified atom stereocenters. The summed E-state index contributed by atoms with van der Waals surface area (Å²) < 4.78 is 12.6. The Morgan fingerprint density at radius 3 is 2.74 bits per heavy atom. The van der Waals surface area contributed by atoms with Gasteiger partial charge in [0.1, 0.15) is 11.5 Å². The number of benzene rings is 1. The number of aromatic nitrogens is 3. The molecule has 1 N–H and O–H groups in total. The Kier molecular flexibility index (Phi) is 4.43. The normalized spacial score (nSPS) is 10.9. The summed E-state index contributed by atoms with van der Waals surface area (Å²) in [6.45, 7) is 3.41. The molecule has 6 nitrogen and oxygen atoms in total. The molecule has 3 aromatic rings. The minimum Gasteiger partial charge on any atom is -0.497 e. The second-order valence-electron chi connectivity index (χ2n) is 5.33. The molecular weight excluding hydrogens is 292 g/mol. The molecule has 23 heavy (non-hydrogen) atoms. The molecule has 0 amide bonds. The molecule has 0 saturated carbocycles. The van der Waals surface area contributed by atoms with Gasteiger partial charge < -0.3 is 14.8 Å². The molecule has 6 heteroatoms. The van der Waals surface area contributed by atoms with Gasteiger partial charge in [0.05, 0.1) is 26.1 Å². The number of ether oxygens (including phenoxy) is 2. The van der Waals surface area contributed by atoms with Gasteiger partial charge in [-0.25, -0.2) is 9.97 Å². The monoisotopic (exact) mass is 314 g/mol. The number of methoxy groups -OCH3 is 2. The van der Waals surface area contributed by atoms with E-state index in [1.807, 2.05) is 48.1 Å². The maximum absolute atomic E-state index is 5.41. The van der Waals surface area contributed by atoms with Gasteiger partial charge in [-0.2, -0.15) is 0 Å². The van der Waals surface area contributed by atoms with E-state index in [4.69, 9.17) is 9.47 Å². The maximum Gasteiger partial charge on any atom is 0.233 e. The highest BCUT2D eigenvalue weighted by atomic mass is 16.5. The van der Waals surface area contributed by atoms with E-state index < -0.39 is 0 Å². The van der Waals surface area contributed by atoms with Crippen LogP contribution >= 0.6 is 0 Å². The smallest absolute Gasteiger partial charge is 0.233 e. The van der Waals surface area contributed by atoms with E-state index in [1.54, 1.807) is 14.2 Å². The van der Waals surface area contributed by atoms with Crippen molar-refractivity contribution in [3.63, 3.8) is 0 Å². The second-order valence-corrected chi connectivity index (χ2v) is 5.33. The van der Waals surface area contributed by atoms with Crippen molar-refractivity contribution in [3.05, 3.63) is 53.6 Å². The molecule has 0 atom stereocenters. The van der Waals surface area contributed by atoms with Crippen LogP contribution in [0, 0.1) is 6.92 Å². The zero-order valence-corrected chi connectivity index (χ0v) is 13.5. The second kappa shape index (κ2) is 6.66. The Bertz CT molecular complexity index is 819. The van der Waals surface area contributed by atoms with E-state index in [-0.39, 0.29) is 1.43 Å². The molecule has 0 saturated heterocycles. The number of fused-ring (bicyclic) bond motifs is 1. The fourth-order valence-electron chi connectivity index (χ4n) is 2.47. The molecule has 3 rings (SSSR count). The van der Waals surface area contributed by atoms with Gasteiger partial charge in [-0.1, -0.05) is 6.07 Å². The van der Waals surface area contributed by atoms with E-state index >= 15 is 0 Å². The number of aryl methyl sites for hydroxylation is 1. The van der Waals surface area contributed by atoms with Crippen molar-refractivity contribution in [2.75, 3.05) is 14.2 Å². The van der Waals surface area contributed by atoms with Gasteiger partial charge in [0.15, 0.2) is 0 Å². The molecule has 0 aliphatic heterocycles. The van der Waals surface area contributed by atoms with Gasteiger partial charge in [-0.3, -0.25) is 4.40 Å². The van der Waals surface area contributed by atoms with Crippen molar-refractivity contribution < 1.29 is 10.9 Å². The molecule has 0 fully saturated rings. The molecular formula is C17H22N4O2. The summed E-state index contributed by atoms with van der Waals surface area (Å²) in [6.07, 6.45) is 5.71. The first-order chi connectivity index (χ1) is 11.2. The Morgan fingerprint density at radius 1 is 1.13 bits per heavy atom.